The predicted molar refractivity (Wildman–Crippen MR) is 164 cm³/mol. The molecule has 3 aliphatic rings. The van der Waals surface area contributed by atoms with E-state index in [1.807, 2.05) is 12.4 Å². The van der Waals surface area contributed by atoms with Gasteiger partial charge in [-0.05, 0) is 82.0 Å². The highest BCUT2D eigenvalue weighted by Crippen LogP contribution is 2.44. The Morgan fingerprint density at radius 2 is 1.90 bits per heavy atom. The molecule has 2 fully saturated rings. The van der Waals surface area contributed by atoms with Gasteiger partial charge in [0.15, 0.2) is 0 Å². The maximum atomic E-state index is 12.1. The lowest BCUT2D eigenvalue weighted by Crippen LogP contribution is -2.94. The SMILES string of the molecule is CCCCC[C@H]1C=C[C@@H](CCCCC[C@H](C(=O)[O-])[C@H](O)C[C@@H](C[NH2+]C)[C@@]2(O)CC[C@H](CC3CC[NH2+]C(N)C3)C2)[C@H](O)C1. The minimum Gasteiger partial charge on any atom is -0.550 e. The van der Waals surface area contributed by atoms with Crippen LogP contribution in [0.4, 0.5) is 0 Å². The molecular weight excluding hydrogens is 530 g/mol. The molecule has 42 heavy (non-hydrogen) atoms. The highest BCUT2D eigenvalue weighted by atomic mass is 16.4. The molecule has 0 aromatic rings. The molecule has 0 bridgehead atoms. The van der Waals surface area contributed by atoms with Gasteiger partial charge in [0.2, 0.25) is 0 Å². The second-order valence-corrected chi connectivity index (χ2v) is 14.3. The van der Waals surface area contributed by atoms with Crippen LogP contribution in [0.1, 0.15) is 116 Å². The maximum Gasteiger partial charge on any atom is 0.137 e. The number of unbranched alkanes of at least 4 members (excludes halogenated alkanes) is 4. The average Bonchev–Trinajstić information content (AvgIpc) is 3.32. The Morgan fingerprint density at radius 3 is 2.60 bits per heavy atom. The molecule has 2 aliphatic carbocycles. The highest BCUT2D eigenvalue weighted by molar-refractivity contribution is 5.68. The van der Waals surface area contributed by atoms with Crippen molar-refractivity contribution >= 4 is 5.97 Å². The summed E-state index contributed by atoms with van der Waals surface area (Å²) in [5.74, 6) is -0.515. The summed E-state index contributed by atoms with van der Waals surface area (Å²) < 4.78 is 0. The highest BCUT2D eigenvalue weighted by Gasteiger charge is 2.46. The van der Waals surface area contributed by atoms with Gasteiger partial charge in [0.25, 0.3) is 0 Å². The number of hydrogen-bond donors (Lipinski definition) is 6. The standard InChI is InChI=1S/C34H63N3O5/c1-3-4-6-9-24-12-13-27(30(38)19-24)10-7-5-8-11-29(33(40)41)31(39)21-28(23-36-2)34(42)16-14-26(22-34)18-25-15-17-37-32(35)20-25/h12-13,24-32,36-39,42H,3-11,14-23,35H2,1-2H3,(H,40,41)/p+1/t24-,25?,26+,27+,28-,29-,30+,31+,32?,34+/m0/s1. The van der Waals surface area contributed by atoms with Crippen molar-refractivity contribution in [1.29, 1.82) is 0 Å². The Labute approximate surface area is 255 Å². The summed E-state index contributed by atoms with van der Waals surface area (Å²) in [5.41, 5.74) is 5.30. The van der Waals surface area contributed by atoms with Crippen LogP contribution in [-0.4, -0.2) is 65.4 Å². The minimum atomic E-state index is -1.19. The molecule has 244 valence electrons. The zero-order valence-electron chi connectivity index (χ0n) is 26.7. The summed E-state index contributed by atoms with van der Waals surface area (Å²) in [6.07, 6.45) is 18.9. The molecule has 3 rings (SSSR count). The van der Waals surface area contributed by atoms with Gasteiger partial charge < -0.3 is 35.9 Å². The topological polar surface area (TPSA) is 160 Å². The van der Waals surface area contributed by atoms with Gasteiger partial charge in [0.05, 0.1) is 37.9 Å². The van der Waals surface area contributed by atoms with Crippen molar-refractivity contribution in [2.24, 2.45) is 41.2 Å². The summed E-state index contributed by atoms with van der Waals surface area (Å²) in [5, 5.41) is 49.8. The second kappa shape index (κ2) is 18.1. The quantitative estimate of drug-likeness (QED) is 0.0973. The van der Waals surface area contributed by atoms with Gasteiger partial charge in [-0.25, -0.2) is 0 Å². The molecule has 0 amide bonds. The molecule has 0 aromatic heterocycles. The van der Waals surface area contributed by atoms with E-state index in [1.165, 1.54) is 25.7 Å². The first-order valence-electron chi connectivity index (χ1n) is 17.5. The molecule has 1 saturated heterocycles. The van der Waals surface area contributed by atoms with Crippen molar-refractivity contribution in [2.75, 3.05) is 20.1 Å². The molecule has 0 spiro atoms. The van der Waals surface area contributed by atoms with Gasteiger partial charge in [-0.2, -0.15) is 0 Å². The number of aliphatic carboxylic acids is 1. The number of carboxylic acid groups (broad SMARTS) is 1. The Balaban J connectivity index is 1.43. The number of allylic oxidation sites excluding steroid dienone is 1. The number of aliphatic hydroxyl groups is 3. The zero-order valence-corrected chi connectivity index (χ0v) is 26.7. The van der Waals surface area contributed by atoms with Crippen LogP contribution < -0.4 is 21.5 Å². The fourth-order valence-corrected chi connectivity index (χ4v) is 8.38. The van der Waals surface area contributed by atoms with Crippen molar-refractivity contribution in [3.05, 3.63) is 12.2 Å². The molecule has 9 N–H and O–H groups in total. The van der Waals surface area contributed by atoms with E-state index in [1.54, 1.807) is 0 Å². The first kappa shape index (κ1) is 35.4. The van der Waals surface area contributed by atoms with Crippen LogP contribution in [0.2, 0.25) is 0 Å². The number of aliphatic hydroxyl groups excluding tert-OH is 2. The number of rotatable bonds is 19. The lowest BCUT2D eigenvalue weighted by molar-refractivity contribution is -0.699. The van der Waals surface area contributed by atoms with Crippen LogP contribution >= 0.6 is 0 Å². The third-order valence-electron chi connectivity index (χ3n) is 10.9. The molecule has 2 unspecified atom stereocenters. The van der Waals surface area contributed by atoms with Crippen molar-refractivity contribution in [3.8, 4) is 0 Å². The number of piperidine rings is 1. The molecule has 10 atom stereocenters. The molecule has 0 aromatic carbocycles. The monoisotopic (exact) mass is 594 g/mol. The Hall–Kier alpha value is -1.03. The van der Waals surface area contributed by atoms with Gasteiger partial charge in [-0.1, -0.05) is 57.6 Å². The summed E-state index contributed by atoms with van der Waals surface area (Å²) in [6.45, 7) is 3.95. The number of carbonyl (C=O) groups excluding carboxylic acids is 1. The van der Waals surface area contributed by atoms with E-state index >= 15 is 0 Å². The number of quaternary nitrogens is 2. The van der Waals surface area contributed by atoms with Crippen LogP contribution in [0.5, 0.6) is 0 Å². The fraction of sp³-hybridized carbons (Fsp3) is 0.912. The van der Waals surface area contributed by atoms with Crippen LogP contribution in [0.3, 0.4) is 0 Å². The maximum absolute atomic E-state index is 12.1. The van der Waals surface area contributed by atoms with Crippen LogP contribution in [0.15, 0.2) is 12.2 Å². The average molecular weight is 595 g/mol. The van der Waals surface area contributed by atoms with E-state index in [4.69, 9.17) is 5.73 Å². The lowest BCUT2D eigenvalue weighted by Gasteiger charge is -2.35. The molecule has 1 saturated carbocycles. The fourth-order valence-electron chi connectivity index (χ4n) is 8.38. The van der Waals surface area contributed by atoms with Gasteiger partial charge in [0, 0.05) is 30.1 Å². The van der Waals surface area contributed by atoms with Crippen molar-refractivity contribution in [3.63, 3.8) is 0 Å². The first-order chi connectivity index (χ1) is 20.1. The Bertz CT molecular complexity index is 812. The number of carbonyl (C=O) groups is 1. The summed E-state index contributed by atoms with van der Waals surface area (Å²) in [6, 6.07) is 0. The van der Waals surface area contributed by atoms with Crippen LogP contribution in [0, 0.1) is 35.5 Å². The van der Waals surface area contributed by atoms with Gasteiger partial charge in [0.1, 0.15) is 6.17 Å². The van der Waals surface area contributed by atoms with E-state index in [0.29, 0.717) is 43.6 Å². The number of hydrogen-bond acceptors (Lipinski definition) is 6. The summed E-state index contributed by atoms with van der Waals surface area (Å²) in [7, 11) is 1.97. The van der Waals surface area contributed by atoms with Crippen molar-refractivity contribution in [1.82, 2.24) is 0 Å². The van der Waals surface area contributed by atoms with Crippen molar-refractivity contribution < 1.29 is 35.9 Å². The summed E-state index contributed by atoms with van der Waals surface area (Å²) in [4.78, 5) is 12.1. The minimum absolute atomic E-state index is 0.156. The Morgan fingerprint density at radius 1 is 1.12 bits per heavy atom. The third-order valence-corrected chi connectivity index (χ3v) is 10.9. The largest absolute Gasteiger partial charge is 0.550 e. The predicted octanol–water partition coefficient (Wildman–Crippen LogP) is 1.18. The number of nitrogens with two attached hydrogens (primary N) is 3. The lowest BCUT2D eigenvalue weighted by atomic mass is 9.77. The molecule has 8 nitrogen and oxygen atoms in total. The molecular formula is C34H64N3O5+. The molecule has 1 heterocycles. The first-order valence-corrected chi connectivity index (χ1v) is 17.5. The van der Waals surface area contributed by atoms with E-state index in [9.17, 15) is 25.2 Å². The second-order valence-electron chi connectivity index (χ2n) is 14.3. The zero-order chi connectivity index (χ0) is 30.5. The van der Waals surface area contributed by atoms with Gasteiger partial charge >= 0.3 is 0 Å². The number of carboxylic acids is 1. The van der Waals surface area contributed by atoms with Crippen LogP contribution in [0.25, 0.3) is 0 Å². The normalized spacial score (nSPS) is 33.9. The van der Waals surface area contributed by atoms with Gasteiger partial charge in [-0.3, -0.25) is 5.73 Å². The molecule has 0 radical (unpaired) electrons. The Kier molecular flexibility index (Phi) is 15.2. The van der Waals surface area contributed by atoms with Crippen LogP contribution in [-0.2, 0) is 4.79 Å². The molecule has 1 aliphatic heterocycles. The smallest absolute Gasteiger partial charge is 0.137 e. The van der Waals surface area contributed by atoms with Gasteiger partial charge in [-0.15, -0.1) is 0 Å². The summed E-state index contributed by atoms with van der Waals surface area (Å²) >= 11 is 0. The van der Waals surface area contributed by atoms with E-state index in [-0.39, 0.29) is 30.5 Å². The molecule has 8 heteroatoms. The van der Waals surface area contributed by atoms with Crippen molar-refractivity contribution in [2.45, 2.75) is 140 Å². The third kappa shape index (κ3) is 11.2. The van der Waals surface area contributed by atoms with E-state index < -0.39 is 23.6 Å². The van der Waals surface area contributed by atoms with E-state index in [0.717, 1.165) is 64.3 Å². The van der Waals surface area contributed by atoms with E-state index in [2.05, 4.69) is 24.4 Å².